The first kappa shape index (κ1) is 25.0. The highest BCUT2D eigenvalue weighted by Crippen LogP contribution is 2.45. The van der Waals surface area contributed by atoms with E-state index in [0.29, 0.717) is 12.8 Å². The predicted molar refractivity (Wildman–Crippen MR) is 137 cm³/mol. The van der Waals surface area contributed by atoms with E-state index in [9.17, 15) is 29.3 Å². The lowest BCUT2D eigenvalue weighted by Crippen LogP contribution is -2.31. The van der Waals surface area contributed by atoms with Gasteiger partial charge in [-0.25, -0.2) is 4.79 Å². The number of non-ortho nitro benzene ring substituents is 1. The van der Waals surface area contributed by atoms with E-state index in [2.05, 4.69) is 0 Å². The number of esters is 1. The average molecular weight is 513 g/mol. The Kier molecular flexibility index (Phi) is 6.83. The monoisotopic (exact) mass is 512 g/mol. The molecule has 3 atom stereocenters. The van der Waals surface area contributed by atoms with Crippen molar-refractivity contribution in [1.29, 1.82) is 0 Å². The zero-order chi connectivity index (χ0) is 26.8. The van der Waals surface area contributed by atoms with Gasteiger partial charge in [-0.05, 0) is 48.9 Å². The van der Waals surface area contributed by atoms with Crippen LogP contribution in [-0.4, -0.2) is 35.1 Å². The van der Waals surface area contributed by atoms with Gasteiger partial charge in [0, 0.05) is 17.7 Å². The molecule has 1 heterocycles. The minimum Gasteiger partial charge on any atom is -0.454 e. The maximum atomic E-state index is 13.4. The van der Waals surface area contributed by atoms with Gasteiger partial charge < -0.3 is 4.74 Å². The first-order valence-electron chi connectivity index (χ1n) is 12.3. The van der Waals surface area contributed by atoms with Gasteiger partial charge >= 0.3 is 5.97 Å². The number of fused-ring (bicyclic) bond motifs is 1. The van der Waals surface area contributed by atoms with Gasteiger partial charge in [0.2, 0.25) is 17.6 Å². The normalized spacial score (nSPS) is 20.6. The molecular weight excluding hydrogens is 488 g/mol. The predicted octanol–water partition coefficient (Wildman–Crippen LogP) is 4.71. The number of nitrogens with zero attached hydrogens (tertiary/aromatic N) is 2. The molecule has 3 aromatic rings. The number of carbonyl (C=O) groups excluding carboxylic acids is 4. The number of benzene rings is 3. The summed E-state index contributed by atoms with van der Waals surface area (Å²) < 4.78 is 5.13. The van der Waals surface area contributed by atoms with Crippen molar-refractivity contribution >= 4 is 34.9 Å². The van der Waals surface area contributed by atoms with Crippen molar-refractivity contribution in [3.63, 3.8) is 0 Å². The number of hydrogen-bond acceptors (Lipinski definition) is 7. The molecule has 1 aliphatic carbocycles. The third-order valence-electron chi connectivity index (χ3n) is 7.25. The molecule has 9 heteroatoms. The topological polar surface area (TPSA) is 124 Å². The Labute approximate surface area is 218 Å². The fourth-order valence-electron chi connectivity index (χ4n) is 5.32. The lowest BCUT2D eigenvalue weighted by atomic mass is 9.73. The molecular formula is C29H24N2O7. The Balaban J connectivity index is 1.27. The molecule has 2 fully saturated rings. The summed E-state index contributed by atoms with van der Waals surface area (Å²) in [6, 6.07) is 21.1. The molecule has 5 rings (SSSR count). The SMILES string of the molecule is O=C(COC(=O)c1cccc(N2C(=O)[C@H]3CC[C@@H](c4ccccc4)C[C@@H]3C2=O)c1)c1cccc([N+](=O)[O-])c1. The number of ketones is 1. The Morgan fingerprint density at radius 3 is 2.34 bits per heavy atom. The maximum absolute atomic E-state index is 13.4. The lowest BCUT2D eigenvalue weighted by molar-refractivity contribution is -0.384. The van der Waals surface area contributed by atoms with Gasteiger partial charge in [0.15, 0.2) is 6.61 Å². The summed E-state index contributed by atoms with van der Waals surface area (Å²) in [7, 11) is 0. The molecule has 0 aromatic heterocycles. The van der Waals surface area contributed by atoms with Gasteiger partial charge in [-0.1, -0.05) is 48.5 Å². The molecule has 2 aliphatic rings. The van der Waals surface area contributed by atoms with Crippen LogP contribution in [0.3, 0.4) is 0 Å². The quantitative estimate of drug-likeness (QED) is 0.148. The minimum absolute atomic E-state index is 0.0467. The number of Topliss-reactive ketones (excluding diaryl/α,β-unsaturated/α-hetero) is 1. The zero-order valence-electron chi connectivity index (χ0n) is 20.3. The van der Waals surface area contributed by atoms with Crippen LogP contribution in [0.5, 0.6) is 0 Å². The molecule has 1 aliphatic heterocycles. The molecule has 0 bridgehead atoms. The van der Waals surface area contributed by atoms with Crippen LogP contribution in [0, 0.1) is 22.0 Å². The van der Waals surface area contributed by atoms with Crippen LogP contribution < -0.4 is 4.90 Å². The van der Waals surface area contributed by atoms with E-state index in [1.165, 1.54) is 30.3 Å². The first-order valence-corrected chi connectivity index (χ1v) is 12.3. The Bertz CT molecular complexity index is 1440. The molecule has 9 nitrogen and oxygen atoms in total. The Morgan fingerprint density at radius 1 is 0.868 bits per heavy atom. The van der Waals surface area contributed by atoms with E-state index in [1.807, 2.05) is 30.3 Å². The van der Waals surface area contributed by atoms with E-state index in [-0.39, 0.29) is 46.2 Å². The van der Waals surface area contributed by atoms with E-state index >= 15 is 0 Å². The van der Waals surface area contributed by atoms with Gasteiger partial charge in [0.05, 0.1) is 28.0 Å². The highest BCUT2D eigenvalue weighted by molar-refractivity contribution is 6.22. The third kappa shape index (κ3) is 4.82. The van der Waals surface area contributed by atoms with Crippen molar-refractivity contribution in [3.8, 4) is 0 Å². The molecule has 0 unspecified atom stereocenters. The highest BCUT2D eigenvalue weighted by Gasteiger charge is 2.50. The third-order valence-corrected chi connectivity index (χ3v) is 7.25. The van der Waals surface area contributed by atoms with E-state index in [0.717, 1.165) is 23.0 Å². The first-order chi connectivity index (χ1) is 18.3. The van der Waals surface area contributed by atoms with Crippen LogP contribution in [0.15, 0.2) is 78.9 Å². The van der Waals surface area contributed by atoms with Crippen LogP contribution in [0.1, 0.15) is 51.5 Å². The van der Waals surface area contributed by atoms with Crippen LogP contribution in [0.2, 0.25) is 0 Å². The summed E-state index contributed by atoms with van der Waals surface area (Å²) in [6.45, 7) is -0.614. The van der Waals surface area contributed by atoms with Crippen LogP contribution in [0.25, 0.3) is 0 Å². The molecule has 1 saturated heterocycles. The van der Waals surface area contributed by atoms with E-state index < -0.39 is 29.2 Å². The van der Waals surface area contributed by atoms with Gasteiger partial charge in [-0.15, -0.1) is 0 Å². The van der Waals surface area contributed by atoms with Crippen molar-refractivity contribution in [2.75, 3.05) is 11.5 Å². The number of hydrogen-bond donors (Lipinski definition) is 0. The van der Waals surface area contributed by atoms with Crippen LogP contribution in [-0.2, 0) is 14.3 Å². The molecule has 0 radical (unpaired) electrons. The molecule has 1 saturated carbocycles. The summed E-state index contributed by atoms with van der Waals surface area (Å²) in [4.78, 5) is 63.1. The van der Waals surface area contributed by atoms with Gasteiger partial charge in [-0.3, -0.25) is 29.4 Å². The minimum atomic E-state index is -0.814. The highest BCUT2D eigenvalue weighted by atomic mass is 16.6. The molecule has 0 spiro atoms. The van der Waals surface area contributed by atoms with Gasteiger partial charge in [0.1, 0.15) is 0 Å². The number of nitro groups is 1. The number of anilines is 1. The summed E-state index contributed by atoms with van der Waals surface area (Å²) >= 11 is 0. The maximum Gasteiger partial charge on any atom is 0.338 e. The largest absolute Gasteiger partial charge is 0.454 e. The average Bonchev–Trinajstić information content (AvgIpc) is 3.20. The number of ether oxygens (including phenoxy) is 1. The Morgan fingerprint density at radius 2 is 1.58 bits per heavy atom. The van der Waals surface area contributed by atoms with Crippen molar-refractivity contribution < 1.29 is 28.8 Å². The Hall–Kier alpha value is -4.66. The molecule has 3 aromatic carbocycles. The smallest absolute Gasteiger partial charge is 0.338 e. The van der Waals surface area contributed by atoms with Crippen molar-refractivity contribution in [3.05, 3.63) is 106 Å². The summed E-state index contributed by atoms with van der Waals surface area (Å²) in [5.74, 6) is -2.54. The fraction of sp³-hybridized carbons (Fsp3) is 0.241. The van der Waals surface area contributed by atoms with Crippen molar-refractivity contribution in [2.24, 2.45) is 11.8 Å². The molecule has 192 valence electrons. The van der Waals surface area contributed by atoms with Gasteiger partial charge in [-0.2, -0.15) is 0 Å². The number of nitro benzene ring substituents is 1. The van der Waals surface area contributed by atoms with Crippen molar-refractivity contribution in [1.82, 2.24) is 0 Å². The van der Waals surface area contributed by atoms with E-state index in [4.69, 9.17) is 4.74 Å². The molecule has 38 heavy (non-hydrogen) atoms. The fourth-order valence-corrected chi connectivity index (χ4v) is 5.32. The summed E-state index contributed by atoms with van der Waals surface area (Å²) in [5.41, 5.74) is 1.32. The standard InChI is InChI=1S/C29H24N2O7/c32-26(20-8-4-11-23(14-20)31(36)37)17-38-29(35)21-9-5-10-22(15-21)30-27(33)24-13-12-19(16-25(24)28(30)34)18-6-2-1-3-7-18/h1-11,14-15,19,24-25H,12-13,16-17H2/t19-,24+,25+/m1/s1. The molecule has 0 N–H and O–H groups in total. The molecule has 2 amide bonds. The second kappa shape index (κ2) is 10.4. The van der Waals surface area contributed by atoms with Crippen LogP contribution >= 0.6 is 0 Å². The second-order valence-corrected chi connectivity index (χ2v) is 9.50. The number of carbonyl (C=O) groups is 4. The summed E-state index contributed by atoms with van der Waals surface area (Å²) in [5, 5.41) is 10.9. The number of imide groups is 1. The summed E-state index contributed by atoms with van der Waals surface area (Å²) in [6.07, 6.45) is 2.03. The zero-order valence-corrected chi connectivity index (χ0v) is 20.3. The second-order valence-electron chi connectivity index (χ2n) is 9.50. The van der Waals surface area contributed by atoms with Crippen LogP contribution in [0.4, 0.5) is 11.4 Å². The van der Waals surface area contributed by atoms with Crippen molar-refractivity contribution in [2.45, 2.75) is 25.2 Å². The number of rotatable bonds is 7. The van der Waals surface area contributed by atoms with Gasteiger partial charge in [0.25, 0.3) is 5.69 Å². The lowest BCUT2D eigenvalue weighted by Gasteiger charge is -2.28. The number of amides is 2. The van der Waals surface area contributed by atoms with E-state index in [1.54, 1.807) is 12.1 Å².